The highest BCUT2D eigenvalue weighted by Gasteiger charge is 2.35. The average molecular weight is 483 g/mol. The van der Waals surface area contributed by atoms with Crippen molar-refractivity contribution in [1.82, 2.24) is 4.90 Å². The fourth-order valence-electron chi connectivity index (χ4n) is 2.56. The molecule has 0 atom stereocenters. The van der Waals surface area contributed by atoms with Gasteiger partial charge in [0, 0.05) is 10.0 Å². The van der Waals surface area contributed by atoms with E-state index in [1.807, 2.05) is 25.1 Å². The molecule has 1 aliphatic rings. The Morgan fingerprint density at radius 1 is 1.14 bits per heavy atom. The fourth-order valence-corrected chi connectivity index (χ4v) is 3.99. The van der Waals surface area contributed by atoms with Crippen molar-refractivity contribution in [2.24, 2.45) is 0 Å². The summed E-state index contributed by atoms with van der Waals surface area (Å²) in [6.07, 6.45) is 1.68. The van der Waals surface area contributed by atoms with E-state index in [2.05, 4.69) is 15.9 Å². The molecular weight excluding hydrogens is 466 g/mol. The van der Waals surface area contributed by atoms with E-state index in [0.717, 1.165) is 21.8 Å². The van der Waals surface area contributed by atoms with E-state index in [4.69, 9.17) is 21.1 Å². The van der Waals surface area contributed by atoms with Crippen molar-refractivity contribution in [3.05, 3.63) is 62.4 Å². The molecule has 5 nitrogen and oxygen atoms in total. The van der Waals surface area contributed by atoms with Gasteiger partial charge in [0.05, 0.1) is 23.1 Å². The maximum Gasteiger partial charge on any atom is 0.293 e. The number of benzene rings is 2. The summed E-state index contributed by atoms with van der Waals surface area (Å²) in [4.78, 5) is 26.5. The van der Waals surface area contributed by atoms with Gasteiger partial charge < -0.3 is 9.47 Å². The first-order valence-electron chi connectivity index (χ1n) is 8.54. The van der Waals surface area contributed by atoms with Gasteiger partial charge in [0.2, 0.25) is 0 Å². The number of carbonyl (C=O) groups excluding carboxylic acids is 2. The van der Waals surface area contributed by atoms with Crippen molar-refractivity contribution in [1.29, 1.82) is 0 Å². The lowest BCUT2D eigenvalue weighted by atomic mass is 10.2. The van der Waals surface area contributed by atoms with Crippen LogP contribution >= 0.6 is 39.3 Å². The van der Waals surface area contributed by atoms with Crippen LogP contribution in [0.5, 0.6) is 11.5 Å². The molecule has 0 N–H and O–H groups in total. The SMILES string of the molecule is CCOc1ccc(Br)cc1/C=C1\SC(=O)N(CCOc2ccccc2Cl)C1=O. The lowest BCUT2D eigenvalue weighted by Gasteiger charge is -2.13. The van der Waals surface area contributed by atoms with E-state index in [0.29, 0.717) is 28.0 Å². The second-order valence-electron chi connectivity index (χ2n) is 5.73. The van der Waals surface area contributed by atoms with Crippen molar-refractivity contribution in [2.45, 2.75) is 6.92 Å². The van der Waals surface area contributed by atoms with Crippen LogP contribution < -0.4 is 9.47 Å². The zero-order chi connectivity index (χ0) is 20.1. The lowest BCUT2D eigenvalue weighted by molar-refractivity contribution is -0.123. The van der Waals surface area contributed by atoms with Crippen molar-refractivity contribution in [3.63, 3.8) is 0 Å². The minimum Gasteiger partial charge on any atom is -0.493 e. The first-order valence-corrected chi connectivity index (χ1v) is 10.5. The van der Waals surface area contributed by atoms with Crippen LogP contribution in [0.4, 0.5) is 4.79 Å². The van der Waals surface area contributed by atoms with Gasteiger partial charge in [0.15, 0.2) is 0 Å². The predicted octanol–water partition coefficient (Wildman–Crippen LogP) is 5.62. The molecule has 1 aliphatic heterocycles. The van der Waals surface area contributed by atoms with E-state index < -0.39 is 0 Å². The second kappa shape index (κ2) is 9.49. The van der Waals surface area contributed by atoms with Gasteiger partial charge in [-0.05, 0) is 55.1 Å². The molecule has 146 valence electrons. The number of ether oxygens (including phenoxy) is 2. The number of hydrogen-bond donors (Lipinski definition) is 0. The summed E-state index contributed by atoms with van der Waals surface area (Å²) < 4.78 is 12.0. The highest BCUT2D eigenvalue weighted by molar-refractivity contribution is 9.10. The molecule has 28 heavy (non-hydrogen) atoms. The summed E-state index contributed by atoms with van der Waals surface area (Å²) in [6.45, 7) is 2.70. The van der Waals surface area contributed by atoms with Gasteiger partial charge in [0.25, 0.3) is 11.1 Å². The van der Waals surface area contributed by atoms with E-state index in [1.165, 1.54) is 4.90 Å². The van der Waals surface area contributed by atoms with E-state index in [1.54, 1.807) is 30.3 Å². The molecule has 2 amide bonds. The van der Waals surface area contributed by atoms with Crippen LogP contribution in [-0.4, -0.2) is 35.8 Å². The van der Waals surface area contributed by atoms with Gasteiger partial charge in [-0.15, -0.1) is 0 Å². The molecule has 0 aromatic heterocycles. The number of nitrogens with zero attached hydrogens (tertiary/aromatic N) is 1. The Labute approximate surface area is 180 Å². The third kappa shape index (κ3) is 4.90. The Kier molecular flexibility index (Phi) is 7.04. The highest BCUT2D eigenvalue weighted by Crippen LogP contribution is 2.35. The van der Waals surface area contributed by atoms with Crippen molar-refractivity contribution in [3.8, 4) is 11.5 Å². The van der Waals surface area contributed by atoms with Gasteiger partial charge in [-0.25, -0.2) is 0 Å². The number of thioether (sulfide) groups is 1. The Hall–Kier alpha value is -1.96. The van der Waals surface area contributed by atoms with Crippen LogP contribution in [0, 0.1) is 0 Å². The van der Waals surface area contributed by atoms with Gasteiger partial charge in [0.1, 0.15) is 18.1 Å². The number of amides is 2. The molecule has 1 saturated heterocycles. The summed E-state index contributed by atoms with van der Waals surface area (Å²) in [5, 5.41) is 0.154. The van der Waals surface area contributed by atoms with Gasteiger partial charge in [-0.3, -0.25) is 14.5 Å². The number of rotatable bonds is 7. The second-order valence-corrected chi connectivity index (χ2v) is 8.04. The molecule has 0 unspecified atom stereocenters. The quantitative estimate of drug-likeness (QED) is 0.480. The molecule has 2 aromatic carbocycles. The topological polar surface area (TPSA) is 55.8 Å². The van der Waals surface area contributed by atoms with Crippen LogP contribution in [-0.2, 0) is 4.79 Å². The Morgan fingerprint density at radius 2 is 1.93 bits per heavy atom. The van der Waals surface area contributed by atoms with Crippen LogP contribution in [0.15, 0.2) is 51.8 Å². The first kappa shape index (κ1) is 20.8. The third-order valence-corrected chi connectivity index (χ3v) is 5.55. The molecule has 1 fully saturated rings. The van der Waals surface area contributed by atoms with Crippen molar-refractivity contribution < 1.29 is 19.1 Å². The monoisotopic (exact) mass is 481 g/mol. The molecule has 0 radical (unpaired) electrons. The Morgan fingerprint density at radius 3 is 2.68 bits per heavy atom. The van der Waals surface area contributed by atoms with Crippen LogP contribution in [0.2, 0.25) is 5.02 Å². The average Bonchev–Trinajstić information content (AvgIpc) is 2.93. The van der Waals surface area contributed by atoms with E-state index in [9.17, 15) is 9.59 Å². The number of hydrogen-bond acceptors (Lipinski definition) is 5. The number of carbonyl (C=O) groups is 2. The molecule has 0 saturated carbocycles. The largest absolute Gasteiger partial charge is 0.493 e. The normalized spacial score (nSPS) is 15.4. The summed E-state index contributed by atoms with van der Waals surface area (Å²) in [5.74, 6) is 0.821. The van der Waals surface area contributed by atoms with Crippen LogP contribution in [0.3, 0.4) is 0 Å². The molecular formula is C20H17BrClNO4S. The van der Waals surface area contributed by atoms with E-state index >= 15 is 0 Å². The molecule has 0 aliphatic carbocycles. The maximum atomic E-state index is 12.7. The molecule has 0 spiro atoms. The fraction of sp³-hybridized carbons (Fsp3) is 0.200. The molecule has 1 heterocycles. The summed E-state index contributed by atoms with van der Waals surface area (Å²) in [5.41, 5.74) is 0.731. The van der Waals surface area contributed by atoms with Crippen molar-refractivity contribution >= 4 is 56.5 Å². The van der Waals surface area contributed by atoms with E-state index in [-0.39, 0.29) is 24.3 Å². The van der Waals surface area contributed by atoms with Crippen LogP contribution in [0.1, 0.15) is 12.5 Å². The minimum absolute atomic E-state index is 0.143. The van der Waals surface area contributed by atoms with Crippen LogP contribution in [0.25, 0.3) is 6.08 Å². The molecule has 3 rings (SSSR count). The standard InChI is InChI=1S/C20H17BrClNO4S/c1-2-26-16-8-7-14(21)11-13(16)12-18-19(24)23(20(25)28-18)9-10-27-17-6-4-3-5-15(17)22/h3-8,11-12H,2,9-10H2,1H3/b18-12-. The summed E-state index contributed by atoms with van der Waals surface area (Å²) in [6, 6.07) is 12.6. The number of para-hydroxylation sites is 1. The Balaban J connectivity index is 1.70. The van der Waals surface area contributed by atoms with Gasteiger partial charge in [-0.1, -0.05) is 39.7 Å². The summed E-state index contributed by atoms with van der Waals surface area (Å²) in [7, 11) is 0. The number of halogens is 2. The summed E-state index contributed by atoms with van der Waals surface area (Å²) >= 11 is 10.4. The predicted molar refractivity (Wildman–Crippen MR) is 115 cm³/mol. The molecule has 2 aromatic rings. The third-order valence-electron chi connectivity index (χ3n) is 3.84. The zero-order valence-electron chi connectivity index (χ0n) is 15.0. The number of imide groups is 1. The van der Waals surface area contributed by atoms with Gasteiger partial charge in [-0.2, -0.15) is 0 Å². The smallest absolute Gasteiger partial charge is 0.293 e. The van der Waals surface area contributed by atoms with Gasteiger partial charge >= 0.3 is 0 Å². The highest BCUT2D eigenvalue weighted by atomic mass is 79.9. The first-order chi connectivity index (χ1) is 13.5. The molecule has 0 bridgehead atoms. The zero-order valence-corrected chi connectivity index (χ0v) is 18.1. The Bertz CT molecular complexity index is 934. The maximum absolute atomic E-state index is 12.7. The molecule has 8 heteroatoms. The van der Waals surface area contributed by atoms with Crippen molar-refractivity contribution in [2.75, 3.05) is 19.8 Å². The minimum atomic E-state index is -0.347. The lowest BCUT2D eigenvalue weighted by Crippen LogP contribution is -2.32.